The lowest BCUT2D eigenvalue weighted by atomic mass is 10.1. The number of halogens is 1. The molecule has 1 aliphatic rings. The molecular formula is C17H24FN3O2. The molecule has 23 heavy (non-hydrogen) atoms. The first-order valence-corrected chi connectivity index (χ1v) is 7.75. The number of amides is 2. The van der Waals surface area contributed by atoms with Crippen LogP contribution in [-0.2, 0) is 0 Å². The summed E-state index contributed by atoms with van der Waals surface area (Å²) in [6, 6.07) is 5.97. The minimum atomic E-state index is -0.275. The van der Waals surface area contributed by atoms with Gasteiger partial charge in [-0.15, -0.1) is 0 Å². The van der Waals surface area contributed by atoms with Crippen LogP contribution in [0.4, 0.5) is 9.18 Å². The minimum Gasteiger partial charge on any atom is -0.396 e. The summed E-state index contributed by atoms with van der Waals surface area (Å²) in [7, 11) is 3.83. The molecule has 0 heterocycles. The largest absolute Gasteiger partial charge is 0.396 e. The van der Waals surface area contributed by atoms with Gasteiger partial charge in [0, 0.05) is 25.1 Å². The van der Waals surface area contributed by atoms with E-state index in [2.05, 4.69) is 10.6 Å². The van der Waals surface area contributed by atoms with E-state index in [0.717, 1.165) is 12.0 Å². The molecule has 1 aromatic carbocycles. The Kier molecular flexibility index (Phi) is 6.12. The SMILES string of the molecule is CN(C)C(CNC(=O)N[C@@H]1C=C[C@H](CO)C1)c1ccc(F)cc1. The molecule has 1 aromatic rings. The average molecular weight is 321 g/mol. The van der Waals surface area contributed by atoms with Gasteiger partial charge in [0.25, 0.3) is 0 Å². The molecule has 3 atom stereocenters. The number of aliphatic hydroxyl groups is 1. The smallest absolute Gasteiger partial charge is 0.315 e. The van der Waals surface area contributed by atoms with Gasteiger partial charge in [-0.05, 0) is 38.2 Å². The third-order valence-corrected chi connectivity index (χ3v) is 4.06. The van der Waals surface area contributed by atoms with Crippen molar-refractivity contribution >= 4 is 6.03 Å². The van der Waals surface area contributed by atoms with Crippen molar-refractivity contribution < 1.29 is 14.3 Å². The van der Waals surface area contributed by atoms with Crippen molar-refractivity contribution in [3.05, 3.63) is 47.8 Å². The Hall–Kier alpha value is -1.92. The van der Waals surface area contributed by atoms with Crippen molar-refractivity contribution in [1.29, 1.82) is 0 Å². The van der Waals surface area contributed by atoms with E-state index in [-0.39, 0.29) is 36.5 Å². The van der Waals surface area contributed by atoms with Gasteiger partial charge in [-0.1, -0.05) is 24.3 Å². The Morgan fingerprint density at radius 1 is 1.35 bits per heavy atom. The van der Waals surface area contributed by atoms with E-state index in [1.165, 1.54) is 12.1 Å². The standard InChI is InChI=1S/C17H24FN3O2/c1-21(2)16(13-4-6-14(18)7-5-13)10-19-17(23)20-15-8-3-12(9-15)11-22/h3-8,12,15-16,22H,9-11H2,1-2H3,(H2,19,20,23)/t12-,15+,16?/m0/s1. The first-order chi connectivity index (χ1) is 11.0. The van der Waals surface area contributed by atoms with Crippen molar-refractivity contribution in [1.82, 2.24) is 15.5 Å². The summed E-state index contributed by atoms with van der Waals surface area (Å²) in [5, 5.41) is 14.8. The fourth-order valence-electron chi connectivity index (χ4n) is 2.71. The molecule has 0 saturated carbocycles. The molecule has 0 bridgehead atoms. The van der Waals surface area contributed by atoms with E-state index in [4.69, 9.17) is 5.11 Å². The Morgan fingerprint density at radius 2 is 2.04 bits per heavy atom. The third-order valence-electron chi connectivity index (χ3n) is 4.06. The number of rotatable bonds is 6. The second-order valence-electron chi connectivity index (χ2n) is 6.06. The Labute approximate surface area is 136 Å². The quantitative estimate of drug-likeness (QED) is 0.698. The Bertz CT molecular complexity index is 545. The molecule has 1 unspecified atom stereocenters. The first kappa shape index (κ1) is 17.4. The molecule has 5 nitrogen and oxygen atoms in total. The van der Waals surface area contributed by atoms with Crippen molar-refractivity contribution in [3.8, 4) is 0 Å². The summed E-state index contributed by atoms with van der Waals surface area (Å²) in [6.07, 6.45) is 4.55. The van der Waals surface area contributed by atoms with Gasteiger partial charge in [0.15, 0.2) is 0 Å². The molecule has 2 rings (SSSR count). The lowest BCUT2D eigenvalue weighted by molar-refractivity contribution is 0.225. The molecular weight excluding hydrogens is 297 g/mol. The zero-order chi connectivity index (χ0) is 16.8. The lowest BCUT2D eigenvalue weighted by Crippen LogP contribution is -2.44. The van der Waals surface area contributed by atoms with Gasteiger partial charge in [-0.3, -0.25) is 0 Å². The predicted molar refractivity (Wildman–Crippen MR) is 87.5 cm³/mol. The number of nitrogens with one attached hydrogen (secondary N) is 2. The summed E-state index contributed by atoms with van der Waals surface area (Å²) in [5.74, 6) is -0.155. The molecule has 0 aliphatic heterocycles. The van der Waals surface area contributed by atoms with Crippen LogP contribution in [0.25, 0.3) is 0 Å². The Morgan fingerprint density at radius 3 is 2.61 bits per heavy atom. The summed E-state index contributed by atoms with van der Waals surface area (Å²) >= 11 is 0. The fraction of sp³-hybridized carbons (Fsp3) is 0.471. The molecule has 6 heteroatoms. The number of hydrogen-bond acceptors (Lipinski definition) is 3. The molecule has 0 saturated heterocycles. The van der Waals surface area contributed by atoms with E-state index < -0.39 is 0 Å². The van der Waals surface area contributed by atoms with Crippen LogP contribution in [-0.4, -0.2) is 49.3 Å². The van der Waals surface area contributed by atoms with Crippen LogP contribution in [0.15, 0.2) is 36.4 Å². The van der Waals surface area contributed by atoms with Gasteiger partial charge < -0.3 is 20.6 Å². The number of nitrogens with zero attached hydrogens (tertiary/aromatic N) is 1. The molecule has 126 valence electrons. The number of hydrogen-bond donors (Lipinski definition) is 3. The first-order valence-electron chi connectivity index (χ1n) is 7.75. The van der Waals surface area contributed by atoms with Crippen LogP contribution in [0.3, 0.4) is 0 Å². The van der Waals surface area contributed by atoms with E-state index >= 15 is 0 Å². The van der Waals surface area contributed by atoms with Crippen LogP contribution >= 0.6 is 0 Å². The second-order valence-corrected chi connectivity index (χ2v) is 6.06. The zero-order valence-corrected chi connectivity index (χ0v) is 13.5. The summed E-state index contributed by atoms with van der Waals surface area (Å²) in [4.78, 5) is 14.0. The van der Waals surface area contributed by atoms with E-state index in [1.54, 1.807) is 12.1 Å². The van der Waals surface area contributed by atoms with Crippen LogP contribution in [0.2, 0.25) is 0 Å². The summed E-state index contributed by atoms with van der Waals surface area (Å²) in [5.41, 5.74) is 0.942. The molecule has 2 amide bonds. The van der Waals surface area contributed by atoms with Gasteiger partial charge >= 0.3 is 6.03 Å². The highest BCUT2D eigenvalue weighted by Crippen LogP contribution is 2.18. The summed E-state index contributed by atoms with van der Waals surface area (Å²) in [6.45, 7) is 0.522. The number of benzene rings is 1. The van der Waals surface area contributed by atoms with E-state index in [9.17, 15) is 9.18 Å². The van der Waals surface area contributed by atoms with Crippen molar-refractivity contribution in [2.45, 2.75) is 18.5 Å². The topological polar surface area (TPSA) is 64.6 Å². The number of carbonyl (C=O) groups is 1. The maximum absolute atomic E-state index is 13.0. The number of aliphatic hydroxyl groups excluding tert-OH is 1. The minimum absolute atomic E-state index is 0.0364. The van der Waals surface area contributed by atoms with Crippen LogP contribution < -0.4 is 10.6 Å². The maximum Gasteiger partial charge on any atom is 0.315 e. The van der Waals surface area contributed by atoms with Crippen LogP contribution in [0.5, 0.6) is 0 Å². The molecule has 3 N–H and O–H groups in total. The van der Waals surface area contributed by atoms with Gasteiger partial charge in [0.05, 0.1) is 6.04 Å². The monoisotopic (exact) mass is 321 g/mol. The molecule has 0 spiro atoms. The van der Waals surface area contributed by atoms with Crippen molar-refractivity contribution in [3.63, 3.8) is 0 Å². The molecule has 0 fully saturated rings. The highest BCUT2D eigenvalue weighted by Gasteiger charge is 2.20. The number of urea groups is 1. The number of carbonyl (C=O) groups excluding carboxylic acids is 1. The van der Waals surface area contributed by atoms with Crippen molar-refractivity contribution in [2.75, 3.05) is 27.2 Å². The zero-order valence-electron chi connectivity index (χ0n) is 13.5. The van der Waals surface area contributed by atoms with Gasteiger partial charge in [0.1, 0.15) is 5.82 Å². The highest BCUT2D eigenvalue weighted by molar-refractivity contribution is 5.74. The molecule has 0 aromatic heterocycles. The van der Waals surface area contributed by atoms with E-state index in [1.807, 2.05) is 31.1 Å². The lowest BCUT2D eigenvalue weighted by Gasteiger charge is -2.25. The van der Waals surface area contributed by atoms with Crippen molar-refractivity contribution in [2.24, 2.45) is 5.92 Å². The highest BCUT2D eigenvalue weighted by atomic mass is 19.1. The van der Waals surface area contributed by atoms with Gasteiger partial charge in [-0.25, -0.2) is 9.18 Å². The number of likely N-dealkylation sites (N-methyl/N-ethyl adjacent to an activating group) is 1. The fourth-order valence-corrected chi connectivity index (χ4v) is 2.71. The van der Waals surface area contributed by atoms with Crippen LogP contribution in [0, 0.1) is 11.7 Å². The molecule has 0 radical (unpaired) electrons. The van der Waals surface area contributed by atoms with Gasteiger partial charge in [0.2, 0.25) is 0 Å². The Balaban J connectivity index is 1.85. The maximum atomic E-state index is 13.0. The van der Waals surface area contributed by atoms with E-state index in [0.29, 0.717) is 6.54 Å². The van der Waals surface area contributed by atoms with Gasteiger partial charge in [-0.2, -0.15) is 0 Å². The average Bonchev–Trinajstić information content (AvgIpc) is 2.96. The second kappa shape index (κ2) is 8.08. The third kappa shape index (κ3) is 5.04. The summed E-state index contributed by atoms with van der Waals surface area (Å²) < 4.78 is 13.0. The van der Waals surface area contributed by atoms with Crippen LogP contribution in [0.1, 0.15) is 18.0 Å². The molecule has 1 aliphatic carbocycles. The normalized spacial score (nSPS) is 21.4. The predicted octanol–water partition coefficient (Wildman–Crippen LogP) is 1.66.